The molecule has 2 aromatic heterocycles. The molecule has 0 spiro atoms. The van der Waals surface area contributed by atoms with Gasteiger partial charge in [-0.15, -0.1) is 0 Å². The number of aromatic nitrogens is 3. The molecule has 1 aliphatic heterocycles. The molecule has 204 valence electrons. The summed E-state index contributed by atoms with van der Waals surface area (Å²) in [6, 6.07) is 15.2. The van der Waals surface area contributed by atoms with Crippen molar-refractivity contribution >= 4 is 16.9 Å². The SMILES string of the molecule is COc1ccc(C2CCN(C(=O)COc3ccc(-c4cc5c([nH]4)c(=O)n(C)c(=O)n5C)cc3OC)CC2)cc1. The number of piperidine rings is 1. The van der Waals surface area contributed by atoms with Gasteiger partial charge in [0.2, 0.25) is 0 Å². The Morgan fingerprint density at radius 2 is 1.64 bits per heavy atom. The van der Waals surface area contributed by atoms with Gasteiger partial charge in [0, 0.05) is 38.4 Å². The molecule has 1 aliphatic rings. The van der Waals surface area contributed by atoms with Crippen molar-refractivity contribution in [3.63, 3.8) is 0 Å². The Balaban J connectivity index is 1.24. The summed E-state index contributed by atoms with van der Waals surface area (Å²) in [7, 11) is 6.26. The van der Waals surface area contributed by atoms with Crippen molar-refractivity contribution in [2.24, 2.45) is 14.1 Å². The summed E-state index contributed by atoms with van der Waals surface area (Å²) in [5, 5.41) is 0. The average Bonchev–Trinajstić information content (AvgIpc) is 3.43. The van der Waals surface area contributed by atoms with Crippen LogP contribution in [0.4, 0.5) is 0 Å². The fourth-order valence-electron chi connectivity index (χ4n) is 5.13. The molecule has 2 aromatic carbocycles. The van der Waals surface area contributed by atoms with E-state index in [9.17, 15) is 14.4 Å². The van der Waals surface area contributed by atoms with E-state index in [2.05, 4.69) is 17.1 Å². The highest BCUT2D eigenvalue weighted by atomic mass is 16.5. The molecule has 0 aliphatic carbocycles. The van der Waals surface area contributed by atoms with Crippen LogP contribution in [-0.4, -0.2) is 58.8 Å². The van der Waals surface area contributed by atoms with Gasteiger partial charge < -0.3 is 24.1 Å². The van der Waals surface area contributed by atoms with Crippen LogP contribution in [0.2, 0.25) is 0 Å². The van der Waals surface area contributed by atoms with Gasteiger partial charge in [0.25, 0.3) is 11.5 Å². The maximum atomic E-state index is 12.9. The summed E-state index contributed by atoms with van der Waals surface area (Å²) in [6.07, 6.45) is 1.80. The number of nitrogens with zero attached hydrogens (tertiary/aromatic N) is 3. The van der Waals surface area contributed by atoms with Crippen LogP contribution in [0.5, 0.6) is 17.2 Å². The van der Waals surface area contributed by atoms with Crippen molar-refractivity contribution in [3.8, 4) is 28.5 Å². The van der Waals surface area contributed by atoms with Crippen molar-refractivity contribution in [2.45, 2.75) is 18.8 Å². The second kappa shape index (κ2) is 10.7. The van der Waals surface area contributed by atoms with Gasteiger partial charge in [-0.3, -0.25) is 18.7 Å². The maximum Gasteiger partial charge on any atom is 0.331 e. The lowest BCUT2D eigenvalue weighted by molar-refractivity contribution is -0.134. The van der Waals surface area contributed by atoms with Gasteiger partial charge >= 0.3 is 5.69 Å². The van der Waals surface area contributed by atoms with Crippen LogP contribution in [0.15, 0.2) is 58.1 Å². The molecule has 39 heavy (non-hydrogen) atoms. The van der Waals surface area contributed by atoms with Crippen molar-refractivity contribution in [2.75, 3.05) is 33.9 Å². The van der Waals surface area contributed by atoms with Crippen molar-refractivity contribution in [1.82, 2.24) is 19.0 Å². The van der Waals surface area contributed by atoms with E-state index in [0.29, 0.717) is 47.2 Å². The molecule has 0 atom stereocenters. The number of aryl methyl sites for hydroxylation is 1. The smallest absolute Gasteiger partial charge is 0.331 e. The molecular weight excluding hydrogens is 500 g/mol. The lowest BCUT2D eigenvalue weighted by atomic mass is 9.89. The molecule has 0 radical (unpaired) electrons. The summed E-state index contributed by atoms with van der Waals surface area (Å²) in [4.78, 5) is 42.7. The summed E-state index contributed by atoms with van der Waals surface area (Å²) >= 11 is 0. The summed E-state index contributed by atoms with van der Waals surface area (Å²) in [5.74, 6) is 2.09. The number of likely N-dealkylation sites (tertiary alicyclic amines) is 1. The fourth-order valence-corrected chi connectivity index (χ4v) is 5.13. The molecule has 3 heterocycles. The Bertz CT molecular complexity index is 1620. The highest BCUT2D eigenvalue weighted by Crippen LogP contribution is 2.33. The standard InChI is InChI=1S/C29H32N4O6/c1-31-23-16-22(30-27(23)28(35)32(2)29(31)36)20-7-10-24(25(15-20)38-4)39-17-26(34)33-13-11-19(12-14-33)18-5-8-21(37-3)9-6-18/h5-10,15-16,19,30H,11-14,17H2,1-4H3. The van der Waals surface area contributed by atoms with Gasteiger partial charge in [-0.2, -0.15) is 0 Å². The summed E-state index contributed by atoms with van der Waals surface area (Å²) in [6.45, 7) is 1.27. The molecule has 0 unspecified atom stereocenters. The lowest BCUT2D eigenvalue weighted by Crippen LogP contribution is -2.40. The number of carbonyl (C=O) groups is 1. The van der Waals surface area contributed by atoms with Crippen molar-refractivity contribution in [1.29, 1.82) is 0 Å². The minimum atomic E-state index is -0.394. The maximum absolute atomic E-state index is 12.9. The van der Waals surface area contributed by atoms with E-state index in [1.165, 1.54) is 24.3 Å². The van der Waals surface area contributed by atoms with E-state index in [1.54, 1.807) is 32.4 Å². The fraction of sp³-hybridized carbons (Fsp3) is 0.345. The van der Waals surface area contributed by atoms with Gasteiger partial charge in [-0.25, -0.2) is 4.79 Å². The average molecular weight is 533 g/mol. The van der Waals surface area contributed by atoms with Crippen LogP contribution < -0.4 is 25.5 Å². The normalized spacial score (nSPS) is 14.0. The molecule has 1 amide bonds. The predicted molar refractivity (Wildman–Crippen MR) is 148 cm³/mol. The van der Waals surface area contributed by atoms with E-state index in [1.807, 2.05) is 23.1 Å². The molecule has 1 N–H and O–H groups in total. The molecule has 0 saturated carbocycles. The first-order valence-electron chi connectivity index (χ1n) is 12.8. The number of hydrogen-bond acceptors (Lipinski definition) is 6. The first-order valence-corrected chi connectivity index (χ1v) is 12.8. The summed E-state index contributed by atoms with van der Waals surface area (Å²) in [5.41, 5.74) is 2.74. The van der Waals surface area contributed by atoms with Crippen LogP contribution in [0.25, 0.3) is 22.3 Å². The third-order valence-corrected chi connectivity index (χ3v) is 7.51. The van der Waals surface area contributed by atoms with E-state index in [4.69, 9.17) is 14.2 Å². The van der Waals surface area contributed by atoms with Crippen molar-refractivity contribution in [3.05, 3.63) is 74.9 Å². The quantitative estimate of drug-likeness (QED) is 0.392. The molecular formula is C29H32N4O6. The van der Waals surface area contributed by atoms with Crippen LogP contribution in [0.3, 0.4) is 0 Å². The molecule has 1 saturated heterocycles. The number of rotatable bonds is 7. The topological polar surface area (TPSA) is 108 Å². The monoisotopic (exact) mass is 532 g/mol. The number of methoxy groups -OCH3 is 2. The van der Waals surface area contributed by atoms with Crippen LogP contribution in [-0.2, 0) is 18.9 Å². The molecule has 10 heteroatoms. The first kappa shape index (κ1) is 26.1. The minimum absolute atomic E-state index is 0.0679. The van der Waals surface area contributed by atoms with E-state index < -0.39 is 11.2 Å². The van der Waals surface area contributed by atoms with Gasteiger partial charge in [0.1, 0.15) is 11.3 Å². The Labute approximate surface area is 225 Å². The summed E-state index contributed by atoms with van der Waals surface area (Å²) < 4.78 is 19.1. The third kappa shape index (κ3) is 5.01. The zero-order valence-electron chi connectivity index (χ0n) is 22.5. The molecule has 4 aromatic rings. The number of fused-ring (bicyclic) bond motifs is 1. The number of nitrogens with one attached hydrogen (secondary N) is 1. The number of ether oxygens (including phenoxy) is 3. The van der Waals surface area contributed by atoms with Gasteiger partial charge in [-0.1, -0.05) is 12.1 Å². The minimum Gasteiger partial charge on any atom is -0.497 e. The molecule has 5 rings (SSSR count). The number of aromatic amines is 1. The highest BCUT2D eigenvalue weighted by molar-refractivity contribution is 5.83. The third-order valence-electron chi connectivity index (χ3n) is 7.51. The first-order chi connectivity index (χ1) is 18.8. The largest absolute Gasteiger partial charge is 0.497 e. The Kier molecular flexibility index (Phi) is 7.19. The molecule has 1 fully saturated rings. The van der Waals surface area contributed by atoms with Crippen LogP contribution in [0, 0.1) is 0 Å². The number of benzene rings is 2. The van der Waals surface area contributed by atoms with Gasteiger partial charge in [-0.05, 0) is 60.7 Å². The Morgan fingerprint density at radius 3 is 2.31 bits per heavy atom. The van der Waals surface area contributed by atoms with Crippen molar-refractivity contribution < 1.29 is 19.0 Å². The second-order valence-corrected chi connectivity index (χ2v) is 9.73. The van der Waals surface area contributed by atoms with E-state index in [0.717, 1.165) is 28.7 Å². The lowest BCUT2D eigenvalue weighted by Gasteiger charge is -2.32. The second-order valence-electron chi connectivity index (χ2n) is 9.73. The van der Waals surface area contributed by atoms with Crippen LogP contribution in [0.1, 0.15) is 24.3 Å². The zero-order valence-corrected chi connectivity index (χ0v) is 22.5. The number of hydrogen-bond donors (Lipinski definition) is 1. The zero-order chi connectivity index (χ0) is 27.7. The predicted octanol–water partition coefficient (Wildman–Crippen LogP) is 3.03. The van der Waals surface area contributed by atoms with E-state index >= 15 is 0 Å². The van der Waals surface area contributed by atoms with Gasteiger partial charge in [0.05, 0.1) is 19.7 Å². The molecule has 10 nitrogen and oxygen atoms in total. The number of amides is 1. The molecule has 0 bridgehead atoms. The number of carbonyl (C=O) groups excluding carboxylic acids is 1. The highest BCUT2D eigenvalue weighted by Gasteiger charge is 2.24. The van der Waals surface area contributed by atoms with E-state index in [-0.39, 0.29) is 12.5 Å². The number of H-pyrrole nitrogens is 1. The van der Waals surface area contributed by atoms with Gasteiger partial charge in [0.15, 0.2) is 18.1 Å². The Morgan fingerprint density at radius 1 is 0.923 bits per heavy atom. The Hall–Kier alpha value is -4.47. The van der Waals surface area contributed by atoms with Crippen LogP contribution >= 0.6 is 0 Å².